The van der Waals surface area contributed by atoms with Crippen LogP contribution in [0.4, 0.5) is 19.4 Å². The predicted octanol–water partition coefficient (Wildman–Crippen LogP) is 5.56. The molecule has 1 aromatic heterocycles. The van der Waals surface area contributed by atoms with E-state index in [1.807, 2.05) is 25.7 Å². The average molecular weight is 635 g/mol. The van der Waals surface area contributed by atoms with Crippen LogP contribution in [0.25, 0.3) is 10.9 Å². The van der Waals surface area contributed by atoms with Gasteiger partial charge < -0.3 is 14.4 Å². The van der Waals surface area contributed by atoms with Gasteiger partial charge in [0, 0.05) is 31.4 Å². The van der Waals surface area contributed by atoms with Gasteiger partial charge in [-0.2, -0.15) is 9.97 Å². The maximum atomic E-state index is 15.9. The summed E-state index contributed by atoms with van der Waals surface area (Å²) in [6, 6.07) is 0.0937. The van der Waals surface area contributed by atoms with Gasteiger partial charge in [-0.15, -0.1) is 0 Å². The van der Waals surface area contributed by atoms with E-state index in [0.717, 1.165) is 68.0 Å². The van der Waals surface area contributed by atoms with Gasteiger partial charge in [-0.25, -0.2) is 13.6 Å². The lowest BCUT2D eigenvalue weighted by atomic mass is 9.95. The Morgan fingerprint density at radius 1 is 1.10 bits per heavy atom. The Morgan fingerprint density at radius 3 is 2.56 bits per heavy atom. The molecule has 2 bridgehead atoms. The Morgan fingerprint density at radius 2 is 1.83 bits per heavy atom. The smallest absolute Gasteiger partial charge is 0.410 e. The van der Waals surface area contributed by atoms with Crippen molar-refractivity contribution >= 4 is 38.7 Å². The lowest BCUT2D eigenvalue weighted by Gasteiger charge is -2.42. The third-order valence-electron chi connectivity index (χ3n) is 9.67. The van der Waals surface area contributed by atoms with Crippen molar-refractivity contribution in [3.05, 3.63) is 21.4 Å². The Labute approximate surface area is 247 Å². The van der Waals surface area contributed by atoms with Crippen molar-refractivity contribution in [1.29, 1.82) is 0 Å². The summed E-state index contributed by atoms with van der Waals surface area (Å²) in [7, 11) is 0. The molecule has 0 N–H and O–H groups in total. The van der Waals surface area contributed by atoms with E-state index in [2.05, 4.69) is 30.7 Å². The van der Waals surface area contributed by atoms with E-state index in [1.54, 1.807) is 0 Å². The van der Waals surface area contributed by atoms with Crippen molar-refractivity contribution in [2.24, 2.45) is 0 Å². The molecule has 4 saturated heterocycles. The second kappa shape index (κ2) is 9.89. The molecule has 1 aliphatic carbocycles. The van der Waals surface area contributed by atoms with E-state index in [4.69, 9.17) is 14.5 Å². The van der Waals surface area contributed by atoms with E-state index >= 15 is 4.39 Å². The molecule has 2 aromatic rings. The van der Waals surface area contributed by atoms with Gasteiger partial charge in [0.05, 0.1) is 22.1 Å². The predicted molar refractivity (Wildman–Crippen MR) is 155 cm³/mol. The molecular weight excluding hydrogens is 596 g/mol. The molecule has 0 spiro atoms. The van der Waals surface area contributed by atoms with E-state index in [-0.39, 0.29) is 41.8 Å². The quantitative estimate of drug-likeness (QED) is 0.436. The molecule has 1 amide bonds. The summed E-state index contributed by atoms with van der Waals surface area (Å²) in [5, 5.41) is 0.751. The zero-order valence-electron chi connectivity index (χ0n) is 24.0. The molecule has 2 unspecified atom stereocenters. The number of carbonyl (C=O) groups excluding carboxylic acids is 1. The number of aromatic nitrogens is 2. The molecule has 11 heteroatoms. The molecule has 4 atom stereocenters. The summed E-state index contributed by atoms with van der Waals surface area (Å²) in [6.07, 6.45) is 5.54. The first-order valence-corrected chi connectivity index (χ1v) is 15.8. The van der Waals surface area contributed by atoms with Gasteiger partial charge in [0.15, 0.2) is 5.82 Å². The fraction of sp³-hybridized carbons (Fsp3) is 0.700. The van der Waals surface area contributed by atoms with Crippen molar-refractivity contribution in [1.82, 2.24) is 19.8 Å². The zero-order valence-corrected chi connectivity index (χ0v) is 25.6. The second-order valence-electron chi connectivity index (χ2n) is 13.5. The van der Waals surface area contributed by atoms with Crippen LogP contribution >= 0.6 is 15.9 Å². The number of alkyl halides is 1. The minimum atomic E-state index is -0.861. The number of hydrogen-bond donors (Lipinski definition) is 0. The summed E-state index contributed by atoms with van der Waals surface area (Å²) >= 11 is 3.51. The highest BCUT2D eigenvalue weighted by molar-refractivity contribution is 9.10. The summed E-state index contributed by atoms with van der Waals surface area (Å²) < 4.78 is 42.8. The number of halogens is 3. The van der Waals surface area contributed by atoms with Crippen LogP contribution in [0.2, 0.25) is 0 Å². The maximum absolute atomic E-state index is 15.9. The maximum Gasteiger partial charge on any atom is 0.410 e. The molecule has 0 saturated carbocycles. The van der Waals surface area contributed by atoms with Gasteiger partial charge in [-0.05, 0) is 99.3 Å². The molecular formula is C30H38BrF2N5O3. The lowest BCUT2D eigenvalue weighted by Crippen LogP contribution is -2.57. The summed E-state index contributed by atoms with van der Waals surface area (Å²) in [6.45, 7) is 8.39. The zero-order chi connectivity index (χ0) is 28.7. The van der Waals surface area contributed by atoms with Gasteiger partial charge in [0.1, 0.15) is 29.7 Å². The van der Waals surface area contributed by atoms with Crippen LogP contribution in [0.5, 0.6) is 6.01 Å². The number of anilines is 1. The van der Waals surface area contributed by atoms with Crippen molar-refractivity contribution in [3.63, 3.8) is 0 Å². The summed E-state index contributed by atoms with van der Waals surface area (Å²) in [5.74, 6) is 0.278. The first kappa shape index (κ1) is 27.6. The second-order valence-corrected chi connectivity index (χ2v) is 14.3. The minimum Gasteiger partial charge on any atom is -0.461 e. The molecule has 4 aliphatic heterocycles. The van der Waals surface area contributed by atoms with Crippen LogP contribution in [0, 0.1) is 5.82 Å². The molecule has 7 rings (SSSR count). The van der Waals surface area contributed by atoms with Gasteiger partial charge in [-0.3, -0.25) is 9.80 Å². The highest BCUT2D eigenvalue weighted by atomic mass is 79.9. The van der Waals surface area contributed by atoms with Crippen LogP contribution in [-0.2, 0) is 17.6 Å². The number of fused-ring (bicyclic) bond motifs is 6. The summed E-state index contributed by atoms with van der Waals surface area (Å²) in [5.41, 5.74) is 1.42. The Hall–Kier alpha value is -2.27. The van der Waals surface area contributed by atoms with Crippen LogP contribution in [0.1, 0.15) is 70.4 Å². The van der Waals surface area contributed by atoms with E-state index < -0.39 is 17.6 Å². The number of piperazine rings is 1. The lowest BCUT2D eigenvalue weighted by molar-refractivity contribution is 0.0122. The van der Waals surface area contributed by atoms with Crippen molar-refractivity contribution in [2.45, 2.75) is 102 Å². The molecule has 222 valence electrons. The fourth-order valence-electron chi connectivity index (χ4n) is 7.99. The fourth-order valence-corrected chi connectivity index (χ4v) is 8.62. The number of benzene rings is 1. The normalized spacial score (nSPS) is 29.4. The average Bonchev–Trinajstić information content (AvgIpc) is 3.66. The number of nitrogens with zero attached hydrogens (tertiary/aromatic N) is 5. The SMILES string of the molecule is CC(C)(C)OC(=O)N1C2CCC1CN(c1nc(OC[C@@]34CCCN3C[C@H](F)C4)nc3c(F)c(Br)c4c(c13)CCC4)C2. The molecule has 5 heterocycles. The number of amides is 1. The first-order chi connectivity index (χ1) is 19.5. The molecule has 8 nitrogen and oxygen atoms in total. The molecule has 1 aromatic carbocycles. The summed E-state index contributed by atoms with van der Waals surface area (Å²) in [4.78, 5) is 29.0. The first-order valence-electron chi connectivity index (χ1n) is 15.0. The van der Waals surface area contributed by atoms with E-state index in [9.17, 15) is 9.18 Å². The van der Waals surface area contributed by atoms with E-state index in [0.29, 0.717) is 36.3 Å². The molecule has 0 radical (unpaired) electrons. The van der Waals surface area contributed by atoms with Crippen LogP contribution in [0.3, 0.4) is 0 Å². The van der Waals surface area contributed by atoms with Crippen LogP contribution < -0.4 is 9.64 Å². The van der Waals surface area contributed by atoms with Crippen molar-refractivity contribution < 1.29 is 23.0 Å². The van der Waals surface area contributed by atoms with E-state index in [1.165, 1.54) is 0 Å². The number of hydrogen-bond acceptors (Lipinski definition) is 7. The van der Waals surface area contributed by atoms with Gasteiger partial charge in [0.2, 0.25) is 0 Å². The topological polar surface area (TPSA) is 71.0 Å². The van der Waals surface area contributed by atoms with Gasteiger partial charge in [-0.1, -0.05) is 0 Å². The monoisotopic (exact) mass is 633 g/mol. The van der Waals surface area contributed by atoms with Gasteiger partial charge in [0.25, 0.3) is 0 Å². The number of ether oxygens (including phenoxy) is 2. The molecule has 41 heavy (non-hydrogen) atoms. The molecule has 4 fully saturated rings. The van der Waals surface area contributed by atoms with Crippen LogP contribution in [0.15, 0.2) is 4.47 Å². The molecule has 5 aliphatic rings. The Bertz CT molecular complexity index is 1390. The van der Waals surface area contributed by atoms with Crippen molar-refractivity contribution in [2.75, 3.05) is 37.7 Å². The number of carbonyl (C=O) groups is 1. The largest absolute Gasteiger partial charge is 0.461 e. The van der Waals surface area contributed by atoms with Crippen LogP contribution in [-0.4, -0.2) is 88.0 Å². The Balaban J connectivity index is 1.25. The third-order valence-corrected chi connectivity index (χ3v) is 10.5. The number of aryl methyl sites for hydroxylation is 1. The highest BCUT2D eigenvalue weighted by Crippen LogP contribution is 2.44. The number of rotatable bonds is 4. The highest BCUT2D eigenvalue weighted by Gasteiger charge is 2.50. The minimum absolute atomic E-state index is 0.0164. The third kappa shape index (κ3) is 4.65. The standard InChI is InChI=1S/C30H38BrF2N5O3/c1-29(2,3)41-28(39)38-18-8-9-19(38)15-36(14-18)26-22-20-6-4-7-21(20)23(31)24(33)25(22)34-27(35-26)40-16-30-10-5-11-37(30)13-17(32)12-30/h17-19H,4-16H2,1-3H3/t17-,18?,19?,30+/m1/s1. The van der Waals surface area contributed by atoms with Gasteiger partial charge >= 0.3 is 12.1 Å². The Kier molecular flexibility index (Phi) is 6.65. The van der Waals surface area contributed by atoms with Crippen molar-refractivity contribution in [3.8, 4) is 6.01 Å².